The van der Waals surface area contributed by atoms with Crippen LogP contribution in [-0.4, -0.2) is 51.6 Å². The van der Waals surface area contributed by atoms with Crippen LogP contribution in [0.3, 0.4) is 0 Å². The number of fused-ring (bicyclic) bond motifs is 2. The van der Waals surface area contributed by atoms with E-state index in [1.54, 1.807) is 0 Å². The molecule has 0 saturated heterocycles. The first-order valence-corrected chi connectivity index (χ1v) is 8.58. The maximum absolute atomic E-state index is 13.3. The second kappa shape index (κ2) is 6.16. The SMILES string of the molecule is COc1cc2c(cc1OC)C(=O)C1(C2=O)C(=O)c2cc(OC)c(OC)cc2C1=O. The molecule has 29 heavy (non-hydrogen) atoms. The van der Waals surface area contributed by atoms with Crippen molar-refractivity contribution in [1.82, 2.24) is 0 Å². The number of hydrogen-bond donors (Lipinski definition) is 0. The largest absolute Gasteiger partial charge is 0.493 e. The Labute approximate surface area is 165 Å². The Bertz CT molecular complexity index is 949. The molecule has 0 aliphatic heterocycles. The lowest BCUT2D eigenvalue weighted by Crippen LogP contribution is -2.44. The van der Waals surface area contributed by atoms with Crippen molar-refractivity contribution in [3.05, 3.63) is 46.5 Å². The second-order valence-corrected chi connectivity index (χ2v) is 6.57. The summed E-state index contributed by atoms with van der Waals surface area (Å²) in [6.45, 7) is 0. The normalized spacial score (nSPS) is 16.1. The van der Waals surface area contributed by atoms with Crippen LogP contribution in [-0.2, 0) is 0 Å². The molecule has 0 heterocycles. The Morgan fingerprint density at radius 1 is 0.483 bits per heavy atom. The van der Waals surface area contributed by atoms with Gasteiger partial charge in [-0.3, -0.25) is 19.2 Å². The monoisotopic (exact) mass is 396 g/mol. The van der Waals surface area contributed by atoms with Gasteiger partial charge in [-0.2, -0.15) is 0 Å². The highest BCUT2D eigenvalue weighted by molar-refractivity contribution is 6.57. The zero-order chi connectivity index (χ0) is 21.1. The summed E-state index contributed by atoms with van der Waals surface area (Å²) in [5, 5.41) is 0. The van der Waals surface area contributed by atoms with E-state index in [1.165, 1.54) is 52.7 Å². The molecule has 0 aromatic heterocycles. The summed E-state index contributed by atoms with van der Waals surface area (Å²) in [4.78, 5) is 53.1. The lowest BCUT2D eigenvalue weighted by Gasteiger charge is -2.14. The fourth-order valence-electron chi connectivity index (χ4n) is 3.94. The quantitative estimate of drug-likeness (QED) is 0.724. The Kier molecular flexibility index (Phi) is 3.97. The van der Waals surface area contributed by atoms with Crippen molar-refractivity contribution in [2.45, 2.75) is 0 Å². The Hall–Kier alpha value is -3.68. The van der Waals surface area contributed by atoms with Gasteiger partial charge < -0.3 is 18.9 Å². The molecule has 0 N–H and O–H groups in total. The zero-order valence-corrected chi connectivity index (χ0v) is 16.1. The van der Waals surface area contributed by atoms with Crippen molar-refractivity contribution in [3.63, 3.8) is 0 Å². The fourth-order valence-corrected chi connectivity index (χ4v) is 3.94. The van der Waals surface area contributed by atoms with Gasteiger partial charge in [0.05, 0.1) is 28.4 Å². The molecule has 0 radical (unpaired) electrons. The van der Waals surface area contributed by atoms with E-state index in [9.17, 15) is 19.2 Å². The number of carbonyl (C=O) groups excluding carboxylic acids is 4. The minimum absolute atomic E-state index is 0.0545. The maximum Gasteiger partial charge on any atom is 0.221 e. The molecule has 2 aliphatic carbocycles. The molecule has 2 aliphatic rings. The Morgan fingerprint density at radius 2 is 0.690 bits per heavy atom. The molecule has 0 saturated carbocycles. The van der Waals surface area contributed by atoms with Crippen LogP contribution >= 0.6 is 0 Å². The van der Waals surface area contributed by atoms with Crippen LogP contribution < -0.4 is 18.9 Å². The standard InChI is InChI=1S/C21H16O8/c1-26-13-5-9-10(6-14(13)27-2)18(23)21(17(9)22)19(24)11-7-15(28-3)16(29-4)8-12(11)20(21)25/h5-8H,1-4H3. The summed E-state index contributed by atoms with van der Waals surface area (Å²) in [5.74, 6) is -2.65. The summed E-state index contributed by atoms with van der Waals surface area (Å²) in [6, 6.07) is 5.25. The third-order valence-corrected chi connectivity index (χ3v) is 5.39. The van der Waals surface area contributed by atoms with Gasteiger partial charge in [-0.15, -0.1) is 0 Å². The van der Waals surface area contributed by atoms with Gasteiger partial charge in [0, 0.05) is 22.3 Å². The van der Waals surface area contributed by atoms with Gasteiger partial charge in [0.25, 0.3) is 0 Å². The number of Topliss-reactive ketones (excluding diaryl/α,β-unsaturated/α-hetero) is 4. The molecule has 0 fully saturated rings. The molecule has 0 amide bonds. The number of methoxy groups -OCH3 is 4. The molecule has 0 bridgehead atoms. The maximum atomic E-state index is 13.3. The van der Waals surface area contributed by atoms with Crippen LogP contribution in [0, 0.1) is 5.41 Å². The summed E-state index contributed by atoms with van der Waals surface area (Å²) in [7, 11) is 5.51. The van der Waals surface area contributed by atoms with Gasteiger partial charge in [0.15, 0.2) is 46.1 Å². The molecule has 4 rings (SSSR count). The van der Waals surface area contributed by atoms with Crippen molar-refractivity contribution in [3.8, 4) is 23.0 Å². The molecular formula is C21H16O8. The number of rotatable bonds is 4. The number of hydrogen-bond acceptors (Lipinski definition) is 8. The summed E-state index contributed by atoms with van der Waals surface area (Å²) in [5.41, 5.74) is -2.69. The smallest absolute Gasteiger partial charge is 0.221 e. The molecule has 2 aromatic carbocycles. The molecule has 8 heteroatoms. The predicted molar refractivity (Wildman–Crippen MR) is 98.8 cm³/mol. The van der Waals surface area contributed by atoms with Gasteiger partial charge in [0.1, 0.15) is 0 Å². The molecule has 1 spiro atoms. The molecule has 2 aromatic rings. The first-order chi connectivity index (χ1) is 13.9. The van der Waals surface area contributed by atoms with Crippen molar-refractivity contribution in [2.75, 3.05) is 28.4 Å². The van der Waals surface area contributed by atoms with E-state index in [1.807, 2.05) is 0 Å². The minimum atomic E-state index is -2.47. The molecule has 8 nitrogen and oxygen atoms in total. The third-order valence-electron chi connectivity index (χ3n) is 5.39. The first kappa shape index (κ1) is 18.7. The van der Waals surface area contributed by atoms with Crippen LogP contribution in [0.5, 0.6) is 23.0 Å². The lowest BCUT2D eigenvalue weighted by molar-refractivity contribution is 0.0586. The van der Waals surface area contributed by atoms with E-state index in [4.69, 9.17) is 18.9 Å². The average molecular weight is 396 g/mol. The summed E-state index contributed by atoms with van der Waals surface area (Å²) in [6.07, 6.45) is 0. The highest BCUT2D eigenvalue weighted by Crippen LogP contribution is 2.50. The van der Waals surface area contributed by atoms with E-state index in [2.05, 4.69) is 0 Å². The highest BCUT2D eigenvalue weighted by Gasteiger charge is 2.67. The van der Waals surface area contributed by atoms with E-state index in [0.29, 0.717) is 0 Å². The number of carbonyl (C=O) groups is 4. The second-order valence-electron chi connectivity index (χ2n) is 6.57. The molecular weight excluding hydrogens is 380 g/mol. The Balaban J connectivity index is 1.95. The van der Waals surface area contributed by atoms with E-state index in [0.717, 1.165) is 0 Å². The van der Waals surface area contributed by atoms with Gasteiger partial charge in [-0.05, 0) is 24.3 Å². The third kappa shape index (κ3) is 2.08. The molecule has 0 unspecified atom stereocenters. The predicted octanol–water partition coefficient (Wildman–Crippen LogP) is 2.17. The number of ether oxygens (including phenoxy) is 4. The van der Waals surface area contributed by atoms with E-state index in [-0.39, 0.29) is 45.3 Å². The molecule has 148 valence electrons. The van der Waals surface area contributed by atoms with Crippen molar-refractivity contribution in [1.29, 1.82) is 0 Å². The molecule has 0 atom stereocenters. The lowest BCUT2D eigenvalue weighted by atomic mass is 9.78. The van der Waals surface area contributed by atoms with Crippen LogP contribution in [0.25, 0.3) is 0 Å². The van der Waals surface area contributed by atoms with Crippen LogP contribution in [0.15, 0.2) is 24.3 Å². The number of ketones is 4. The van der Waals surface area contributed by atoms with Gasteiger partial charge >= 0.3 is 0 Å². The average Bonchev–Trinajstić information content (AvgIpc) is 3.10. The summed E-state index contributed by atoms with van der Waals surface area (Å²) < 4.78 is 20.7. The van der Waals surface area contributed by atoms with Crippen LogP contribution in [0.1, 0.15) is 41.4 Å². The topological polar surface area (TPSA) is 105 Å². The van der Waals surface area contributed by atoms with Crippen LogP contribution in [0.2, 0.25) is 0 Å². The van der Waals surface area contributed by atoms with Crippen molar-refractivity contribution in [2.24, 2.45) is 5.41 Å². The minimum Gasteiger partial charge on any atom is -0.493 e. The van der Waals surface area contributed by atoms with Gasteiger partial charge in [0.2, 0.25) is 5.41 Å². The summed E-state index contributed by atoms with van der Waals surface area (Å²) >= 11 is 0. The fraction of sp³-hybridized carbons (Fsp3) is 0.238. The highest BCUT2D eigenvalue weighted by atomic mass is 16.5. The van der Waals surface area contributed by atoms with Crippen LogP contribution in [0.4, 0.5) is 0 Å². The number of benzene rings is 2. The van der Waals surface area contributed by atoms with Crippen molar-refractivity contribution >= 4 is 23.1 Å². The van der Waals surface area contributed by atoms with E-state index < -0.39 is 28.5 Å². The Morgan fingerprint density at radius 3 is 0.862 bits per heavy atom. The first-order valence-electron chi connectivity index (χ1n) is 8.58. The van der Waals surface area contributed by atoms with E-state index >= 15 is 0 Å². The zero-order valence-electron chi connectivity index (χ0n) is 16.1. The van der Waals surface area contributed by atoms with Crippen molar-refractivity contribution < 1.29 is 38.1 Å². The van der Waals surface area contributed by atoms with Gasteiger partial charge in [-0.1, -0.05) is 0 Å². The van der Waals surface area contributed by atoms with Gasteiger partial charge in [-0.25, -0.2) is 0 Å².